The van der Waals surface area contributed by atoms with E-state index >= 15 is 0 Å². The van der Waals surface area contributed by atoms with Crippen molar-refractivity contribution in [2.24, 2.45) is 5.14 Å². The van der Waals surface area contributed by atoms with Crippen molar-refractivity contribution in [2.75, 3.05) is 7.11 Å². The molecule has 1 rings (SSSR count). The molecular formula is C8H10F2N2O3S. The Balaban J connectivity index is 3.52. The van der Waals surface area contributed by atoms with Gasteiger partial charge in [0.15, 0.2) is 5.03 Å². The summed E-state index contributed by atoms with van der Waals surface area (Å²) in [5.41, 5.74) is -0.497. The Labute approximate surface area is 91.3 Å². The molecule has 0 saturated heterocycles. The van der Waals surface area contributed by atoms with Crippen LogP contribution in [0.3, 0.4) is 0 Å². The molecule has 0 spiro atoms. The van der Waals surface area contributed by atoms with Gasteiger partial charge in [0.05, 0.1) is 18.4 Å². The highest BCUT2D eigenvalue weighted by molar-refractivity contribution is 7.89. The van der Waals surface area contributed by atoms with Crippen LogP contribution in [-0.2, 0) is 10.0 Å². The molecule has 0 aliphatic carbocycles. The van der Waals surface area contributed by atoms with E-state index in [1.807, 2.05) is 0 Å². The molecule has 0 radical (unpaired) electrons. The fourth-order valence-electron chi connectivity index (χ4n) is 1.23. The van der Waals surface area contributed by atoms with Gasteiger partial charge in [-0.3, -0.25) is 0 Å². The van der Waals surface area contributed by atoms with E-state index in [1.165, 1.54) is 14.0 Å². The maximum atomic E-state index is 12.6. The summed E-state index contributed by atoms with van der Waals surface area (Å²) in [6, 6.07) is 0.714. The Morgan fingerprint density at radius 3 is 2.44 bits per heavy atom. The number of rotatable bonds is 3. The lowest BCUT2D eigenvalue weighted by atomic mass is 10.2. The quantitative estimate of drug-likeness (QED) is 0.869. The molecule has 5 nitrogen and oxygen atoms in total. The topological polar surface area (TPSA) is 82.3 Å². The minimum absolute atomic E-state index is 0.0457. The Bertz CT molecular complexity index is 502. The molecular weight excluding hydrogens is 242 g/mol. The summed E-state index contributed by atoms with van der Waals surface area (Å²) in [5, 5.41) is 4.21. The number of aromatic nitrogens is 1. The van der Waals surface area contributed by atoms with Crippen LogP contribution >= 0.6 is 0 Å². The first-order valence-electron chi connectivity index (χ1n) is 4.14. The summed E-state index contributed by atoms with van der Waals surface area (Å²) >= 11 is 0. The van der Waals surface area contributed by atoms with Gasteiger partial charge in [-0.25, -0.2) is 27.3 Å². The molecule has 0 amide bonds. The third-order valence-electron chi connectivity index (χ3n) is 1.88. The molecule has 0 saturated carbocycles. The van der Waals surface area contributed by atoms with Crippen molar-refractivity contribution in [3.8, 4) is 5.75 Å². The third kappa shape index (κ3) is 2.45. The van der Waals surface area contributed by atoms with E-state index in [9.17, 15) is 17.2 Å². The number of nitrogens with two attached hydrogens (primary N) is 1. The second-order valence-electron chi connectivity index (χ2n) is 3.01. The third-order valence-corrected chi connectivity index (χ3v) is 2.67. The van der Waals surface area contributed by atoms with E-state index in [1.54, 1.807) is 0 Å². The van der Waals surface area contributed by atoms with Crippen molar-refractivity contribution in [2.45, 2.75) is 18.4 Å². The van der Waals surface area contributed by atoms with Crippen molar-refractivity contribution in [1.82, 2.24) is 4.98 Å². The summed E-state index contributed by atoms with van der Waals surface area (Å²) in [6.45, 7) is 1.36. The smallest absolute Gasteiger partial charge is 0.267 e. The maximum Gasteiger partial charge on any atom is 0.267 e. The van der Waals surface area contributed by atoms with E-state index < -0.39 is 27.0 Å². The predicted octanol–water partition coefficient (Wildman–Crippen LogP) is 0.984. The van der Waals surface area contributed by atoms with Crippen molar-refractivity contribution in [1.29, 1.82) is 0 Å². The second kappa shape index (κ2) is 4.30. The van der Waals surface area contributed by atoms with Gasteiger partial charge in [-0.1, -0.05) is 0 Å². The van der Waals surface area contributed by atoms with Crippen LogP contribution in [0.15, 0.2) is 11.1 Å². The highest BCUT2D eigenvalue weighted by atomic mass is 32.2. The fourth-order valence-corrected chi connectivity index (χ4v) is 1.78. The summed E-state index contributed by atoms with van der Waals surface area (Å²) in [6.07, 6.45) is -2.86. The monoisotopic (exact) mass is 252 g/mol. The SMILES string of the molecule is COc1c(C(F)F)cc(S(N)(=O)=O)nc1C. The minimum atomic E-state index is -4.11. The van der Waals surface area contributed by atoms with Crippen LogP contribution < -0.4 is 9.88 Å². The van der Waals surface area contributed by atoms with E-state index in [0.717, 1.165) is 0 Å². The van der Waals surface area contributed by atoms with E-state index in [4.69, 9.17) is 9.88 Å². The van der Waals surface area contributed by atoms with Crippen LogP contribution in [0, 0.1) is 6.92 Å². The average molecular weight is 252 g/mol. The van der Waals surface area contributed by atoms with Crippen LogP contribution in [0.2, 0.25) is 0 Å². The Morgan fingerprint density at radius 2 is 2.06 bits per heavy atom. The fraction of sp³-hybridized carbons (Fsp3) is 0.375. The highest BCUT2D eigenvalue weighted by Crippen LogP contribution is 2.32. The van der Waals surface area contributed by atoms with Gasteiger partial charge in [0.2, 0.25) is 0 Å². The molecule has 1 aromatic heterocycles. The zero-order valence-electron chi connectivity index (χ0n) is 8.57. The lowest BCUT2D eigenvalue weighted by molar-refractivity contribution is 0.146. The summed E-state index contributed by atoms with van der Waals surface area (Å²) in [4.78, 5) is 3.59. The summed E-state index contributed by atoms with van der Waals surface area (Å²) in [7, 11) is -2.91. The lowest BCUT2D eigenvalue weighted by Crippen LogP contribution is -2.15. The first-order chi connectivity index (χ1) is 7.27. The van der Waals surface area contributed by atoms with Crippen LogP contribution in [0.5, 0.6) is 5.75 Å². The molecule has 0 atom stereocenters. The number of aryl methyl sites for hydroxylation is 1. The number of ether oxygens (including phenoxy) is 1. The molecule has 1 heterocycles. The van der Waals surface area contributed by atoms with Crippen molar-refractivity contribution >= 4 is 10.0 Å². The Kier molecular flexibility index (Phi) is 3.44. The number of halogens is 2. The van der Waals surface area contributed by atoms with Crippen molar-refractivity contribution in [3.05, 3.63) is 17.3 Å². The first-order valence-corrected chi connectivity index (χ1v) is 5.68. The largest absolute Gasteiger partial charge is 0.494 e. The van der Waals surface area contributed by atoms with Crippen molar-refractivity contribution in [3.63, 3.8) is 0 Å². The van der Waals surface area contributed by atoms with E-state index in [2.05, 4.69) is 4.98 Å². The molecule has 0 fully saturated rings. The minimum Gasteiger partial charge on any atom is -0.494 e. The Hall–Kier alpha value is -1.28. The van der Waals surface area contributed by atoms with Gasteiger partial charge in [0, 0.05) is 0 Å². The summed E-state index contributed by atoms with van der Waals surface area (Å²) < 4.78 is 51.9. The van der Waals surface area contributed by atoms with Crippen molar-refractivity contribution < 1.29 is 21.9 Å². The number of methoxy groups -OCH3 is 1. The molecule has 0 aromatic carbocycles. The zero-order valence-corrected chi connectivity index (χ0v) is 9.38. The van der Waals surface area contributed by atoms with E-state index in [0.29, 0.717) is 6.07 Å². The average Bonchev–Trinajstić information content (AvgIpc) is 2.14. The molecule has 16 heavy (non-hydrogen) atoms. The molecule has 8 heteroatoms. The van der Waals surface area contributed by atoms with Crippen LogP contribution in [0.25, 0.3) is 0 Å². The number of sulfonamides is 1. The van der Waals surface area contributed by atoms with E-state index in [-0.39, 0.29) is 11.4 Å². The van der Waals surface area contributed by atoms with Crippen LogP contribution in [-0.4, -0.2) is 20.5 Å². The lowest BCUT2D eigenvalue weighted by Gasteiger charge is -2.11. The number of alkyl halides is 2. The number of pyridine rings is 1. The summed E-state index contributed by atoms with van der Waals surface area (Å²) in [5.74, 6) is -0.137. The second-order valence-corrected chi connectivity index (χ2v) is 4.52. The van der Waals surface area contributed by atoms with Gasteiger partial charge in [-0.05, 0) is 13.0 Å². The molecule has 0 unspecified atom stereocenters. The number of nitrogens with zero attached hydrogens (tertiary/aromatic N) is 1. The van der Waals surface area contributed by atoms with Crippen LogP contribution in [0.1, 0.15) is 17.7 Å². The molecule has 1 aromatic rings. The van der Waals surface area contributed by atoms with Gasteiger partial charge in [-0.15, -0.1) is 0 Å². The van der Waals surface area contributed by atoms with Gasteiger partial charge >= 0.3 is 0 Å². The maximum absolute atomic E-state index is 12.6. The van der Waals surface area contributed by atoms with Crippen LogP contribution in [0.4, 0.5) is 8.78 Å². The first kappa shape index (κ1) is 12.8. The molecule has 0 aliphatic heterocycles. The van der Waals surface area contributed by atoms with Gasteiger partial charge < -0.3 is 4.74 Å². The molecule has 2 N–H and O–H groups in total. The number of primary sulfonamides is 1. The standard InChI is InChI=1S/C8H10F2N2O3S/c1-4-7(15-2)5(8(9)10)3-6(12-4)16(11,13)14/h3,8H,1-2H3,(H2,11,13,14). The van der Waals surface area contributed by atoms with Gasteiger partial charge in [0.1, 0.15) is 5.75 Å². The Morgan fingerprint density at radius 1 is 1.50 bits per heavy atom. The van der Waals surface area contributed by atoms with Gasteiger partial charge in [-0.2, -0.15) is 0 Å². The number of hydrogen-bond donors (Lipinski definition) is 1. The number of hydrogen-bond acceptors (Lipinski definition) is 4. The molecule has 0 aliphatic rings. The van der Waals surface area contributed by atoms with Gasteiger partial charge in [0.25, 0.3) is 16.4 Å². The normalized spacial score (nSPS) is 11.9. The molecule has 0 bridgehead atoms. The highest BCUT2D eigenvalue weighted by Gasteiger charge is 2.21. The predicted molar refractivity (Wildman–Crippen MR) is 51.9 cm³/mol. The zero-order chi connectivity index (χ0) is 12.5. The molecule has 90 valence electrons.